The lowest BCUT2D eigenvalue weighted by Crippen LogP contribution is -2.26. The number of carbonyl (C=O) groups excluding carboxylic acids is 1. The predicted octanol–water partition coefficient (Wildman–Crippen LogP) is 2.04. The van der Waals surface area contributed by atoms with E-state index >= 15 is 0 Å². The third kappa shape index (κ3) is 3.20. The first-order valence-electron chi connectivity index (χ1n) is 5.63. The molecule has 1 aromatic heterocycles. The highest BCUT2D eigenvalue weighted by Gasteiger charge is 2.07. The van der Waals surface area contributed by atoms with Crippen LogP contribution in [0.2, 0.25) is 0 Å². The van der Waals surface area contributed by atoms with Gasteiger partial charge in [-0.3, -0.25) is 4.79 Å². The third-order valence-electron chi connectivity index (χ3n) is 2.67. The maximum absolute atomic E-state index is 11.8. The third-order valence-corrected chi connectivity index (χ3v) is 3.45. The van der Waals surface area contributed by atoms with Crippen molar-refractivity contribution in [3.05, 3.63) is 52.5 Å². The number of benzene rings is 1. The van der Waals surface area contributed by atoms with Crippen LogP contribution in [0, 0.1) is 0 Å². The number of halogens is 1. The number of carbonyl (C=O) groups is 1. The van der Waals surface area contributed by atoms with Gasteiger partial charge in [0.25, 0.3) is 0 Å². The Morgan fingerprint density at radius 2 is 2.22 bits per heavy atom. The molecule has 0 aliphatic carbocycles. The molecule has 1 heterocycles. The topological polar surface area (TPSA) is 46.9 Å². The van der Waals surface area contributed by atoms with E-state index < -0.39 is 0 Å². The van der Waals surface area contributed by atoms with Crippen molar-refractivity contribution in [1.82, 2.24) is 14.9 Å². The molecule has 0 unspecified atom stereocenters. The molecule has 0 saturated heterocycles. The Labute approximate surface area is 114 Å². The Hall–Kier alpha value is -1.62. The minimum absolute atomic E-state index is 0.00935. The largest absolute Gasteiger partial charge is 0.349 e. The second kappa shape index (κ2) is 5.82. The van der Waals surface area contributed by atoms with Crippen LogP contribution in [0.3, 0.4) is 0 Å². The fourth-order valence-electron chi connectivity index (χ4n) is 1.62. The highest BCUT2D eigenvalue weighted by molar-refractivity contribution is 9.10. The molecule has 18 heavy (non-hydrogen) atoms. The lowest BCUT2D eigenvalue weighted by Gasteiger charge is -2.06. The van der Waals surface area contributed by atoms with Gasteiger partial charge in [0.15, 0.2) is 0 Å². The lowest BCUT2D eigenvalue weighted by molar-refractivity contribution is -0.120. The minimum Gasteiger partial charge on any atom is -0.349 e. The predicted molar refractivity (Wildman–Crippen MR) is 72.9 cm³/mol. The molecule has 1 N–H and O–H groups in total. The van der Waals surface area contributed by atoms with Crippen molar-refractivity contribution in [2.75, 3.05) is 0 Å². The molecule has 0 aliphatic rings. The second-order valence-electron chi connectivity index (χ2n) is 4.00. The van der Waals surface area contributed by atoms with Gasteiger partial charge in [0.2, 0.25) is 5.91 Å². The molecule has 1 aromatic carbocycles. The molecule has 0 atom stereocenters. The summed E-state index contributed by atoms with van der Waals surface area (Å²) < 4.78 is 2.84. The van der Waals surface area contributed by atoms with Gasteiger partial charge in [0.05, 0.1) is 13.0 Å². The Balaban J connectivity index is 1.90. The zero-order valence-electron chi connectivity index (χ0n) is 10.1. The van der Waals surface area contributed by atoms with E-state index in [1.165, 1.54) is 0 Å². The fourth-order valence-corrected chi connectivity index (χ4v) is 2.05. The summed E-state index contributed by atoms with van der Waals surface area (Å²) >= 11 is 3.43. The van der Waals surface area contributed by atoms with Crippen LogP contribution in [-0.2, 0) is 24.8 Å². The van der Waals surface area contributed by atoms with E-state index in [0.717, 1.165) is 15.9 Å². The van der Waals surface area contributed by atoms with Crippen LogP contribution >= 0.6 is 15.9 Å². The minimum atomic E-state index is -0.00935. The van der Waals surface area contributed by atoms with Gasteiger partial charge < -0.3 is 9.88 Å². The van der Waals surface area contributed by atoms with Crippen LogP contribution in [0.1, 0.15) is 11.4 Å². The molecule has 0 radical (unpaired) electrons. The number of aromatic nitrogens is 2. The molecule has 94 valence electrons. The SMILES string of the molecule is Cn1ccnc1CNC(=O)Cc1ccccc1Br. The molecule has 5 heteroatoms. The van der Waals surface area contributed by atoms with Crippen molar-refractivity contribution >= 4 is 21.8 Å². The smallest absolute Gasteiger partial charge is 0.224 e. The van der Waals surface area contributed by atoms with Crippen molar-refractivity contribution in [1.29, 1.82) is 0 Å². The van der Waals surface area contributed by atoms with Crippen LogP contribution in [-0.4, -0.2) is 15.5 Å². The number of imidazole rings is 1. The first kappa shape index (κ1) is 12.8. The van der Waals surface area contributed by atoms with Gasteiger partial charge in [-0.15, -0.1) is 0 Å². The van der Waals surface area contributed by atoms with Crippen LogP contribution in [0.4, 0.5) is 0 Å². The monoisotopic (exact) mass is 307 g/mol. The molecule has 4 nitrogen and oxygen atoms in total. The van der Waals surface area contributed by atoms with Gasteiger partial charge in [-0.25, -0.2) is 4.98 Å². The molecule has 0 spiro atoms. The molecule has 0 saturated carbocycles. The molecule has 2 aromatic rings. The summed E-state index contributed by atoms with van der Waals surface area (Å²) in [5.41, 5.74) is 0.981. The Kier molecular flexibility index (Phi) is 4.15. The number of hydrogen-bond donors (Lipinski definition) is 1. The standard InChI is InChI=1S/C13H14BrN3O/c1-17-7-6-15-12(17)9-16-13(18)8-10-4-2-3-5-11(10)14/h2-7H,8-9H2,1H3,(H,16,18). The second-order valence-corrected chi connectivity index (χ2v) is 4.85. The molecule has 0 bridgehead atoms. The van der Waals surface area contributed by atoms with Crippen LogP contribution < -0.4 is 5.32 Å². The Morgan fingerprint density at radius 3 is 2.89 bits per heavy atom. The fraction of sp³-hybridized carbons (Fsp3) is 0.231. The quantitative estimate of drug-likeness (QED) is 0.939. The lowest BCUT2D eigenvalue weighted by atomic mass is 10.1. The number of amides is 1. The van der Waals surface area contributed by atoms with Gasteiger partial charge >= 0.3 is 0 Å². The molecule has 2 rings (SSSR count). The van der Waals surface area contributed by atoms with E-state index in [1.54, 1.807) is 6.20 Å². The number of rotatable bonds is 4. The van der Waals surface area contributed by atoms with Gasteiger partial charge in [0, 0.05) is 23.9 Å². The van der Waals surface area contributed by atoms with Crippen LogP contribution in [0.5, 0.6) is 0 Å². The Morgan fingerprint density at radius 1 is 1.44 bits per heavy atom. The molecule has 0 fully saturated rings. The van der Waals surface area contributed by atoms with Crippen molar-refractivity contribution in [2.45, 2.75) is 13.0 Å². The average molecular weight is 308 g/mol. The van der Waals surface area contributed by atoms with Gasteiger partial charge in [-0.1, -0.05) is 34.1 Å². The first-order chi connectivity index (χ1) is 8.66. The van der Waals surface area contributed by atoms with E-state index in [4.69, 9.17) is 0 Å². The zero-order valence-corrected chi connectivity index (χ0v) is 11.6. The Bertz CT molecular complexity index is 551. The molecular formula is C13H14BrN3O. The van der Waals surface area contributed by atoms with Crippen molar-refractivity contribution in [2.24, 2.45) is 7.05 Å². The summed E-state index contributed by atoms with van der Waals surface area (Å²) in [6.45, 7) is 0.451. The number of nitrogens with one attached hydrogen (secondary N) is 1. The van der Waals surface area contributed by atoms with E-state index in [0.29, 0.717) is 13.0 Å². The maximum Gasteiger partial charge on any atom is 0.224 e. The molecular weight excluding hydrogens is 294 g/mol. The average Bonchev–Trinajstić information content (AvgIpc) is 2.75. The number of hydrogen-bond acceptors (Lipinski definition) is 2. The molecule has 1 amide bonds. The van der Waals surface area contributed by atoms with Gasteiger partial charge in [-0.2, -0.15) is 0 Å². The first-order valence-corrected chi connectivity index (χ1v) is 6.42. The summed E-state index contributed by atoms with van der Waals surface area (Å²) in [6.07, 6.45) is 3.94. The number of nitrogens with zero attached hydrogens (tertiary/aromatic N) is 2. The molecule has 0 aliphatic heterocycles. The van der Waals surface area contributed by atoms with E-state index in [-0.39, 0.29) is 5.91 Å². The number of aryl methyl sites for hydroxylation is 1. The van der Waals surface area contributed by atoms with Crippen molar-refractivity contribution in [3.8, 4) is 0 Å². The normalized spacial score (nSPS) is 10.3. The van der Waals surface area contributed by atoms with Crippen molar-refractivity contribution < 1.29 is 4.79 Å². The van der Waals surface area contributed by atoms with Gasteiger partial charge in [0.1, 0.15) is 5.82 Å². The van der Waals surface area contributed by atoms with E-state index in [2.05, 4.69) is 26.2 Å². The van der Waals surface area contributed by atoms with Crippen LogP contribution in [0.25, 0.3) is 0 Å². The van der Waals surface area contributed by atoms with Gasteiger partial charge in [-0.05, 0) is 11.6 Å². The summed E-state index contributed by atoms with van der Waals surface area (Å²) in [5, 5.41) is 2.86. The summed E-state index contributed by atoms with van der Waals surface area (Å²) in [6, 6.07) is 7.72. The summed E-state index contributed by atoms with van der Waals surface area (Å²) in [5.74, 6) is 0.834. The zero-order chi connectivity index (χ0) is 13.0. The highest BCUT2D eigenvalue weighted by atomic mass is 79.9. The summed E-state index contributed by atoms with van der Waals surface area (Å²) in [7, 11) is 1.91. The van der Waals surface area contributed by atoms with E-state index in [9.17, 15) is 4.79 Å². The van der Waals surface area contributed by atoms with E-state index in [1.807, 2.05) is 42.1 Å². The summed E-state index contributed by atoms with van der Waals surface area (Å²) in [4.78, 5) is 16.0. The van der Waals surface area contributed by atoms with Crippen molar-refractivity contribution in [3.63, 3.8) is 0 Å². The highest BCUT2D eigenvalue weighted by Crippen LogP contribution is 2.16. The van der Waals surface area contributed by atoms with Crippen LogP contribution in [0.15, 0.2) is 41.1 Å². The maximum atomic E-state index is 11.8.